The summed E-state index contributed by atoms with van der Waals surface area (Å²) in [5, 5.41) is 9.78. The Hall–Kier alpha value is -1.51. The fourth-order valence-electron chi connectivity index (χ4n) is 4.37. The third kappa shape index (κ3) is 1.83. The quantitative estimate of drug-likeness (QED) is 0.835. The number of phenolic OH excluding ortho intramolecular Hbond substituents is 1. The zero-order valence-electron chi connectivity index (χ0n) is 12.3. The summed E-state index contributed by atoms with van der Waals surface area (Å²) in [5.41, 5.74) is 0.371. The SMILES string of the molecule is CC12CCC(C1)C(C)(C)[C@@H]2OC(=O)c1ccccc1O. The van der Waals surface area contributed by atoms with Gasteiger partial charge in [-0.25, -0.2) is 4.79 Å². The summed E-state index contributed by atoms with van der Waals surface area (Å²) in [6.07, 6.45) is 3.42. The van der Waals surface area contributed by atoms with Crippen LogP contribution in [-0.4, -0.2) is 17.2 Å². The summed E-state index contributed by atoms with van der Waals surface area (Å²) in [7, 11) is 0. The van der Waals surface area contributed by atoms with Gasteiger partial charge in [0.25, 0.3) is 0 Å². The Morgan fingerprint density at radius 2 is 2.00 bits per heavy atom. The van der Waals surface area contributed by atoms with Gasteiger partial charge in [-0.05, 0) is 37.3 Å². The maximum atomic E-state index is 12.3. The van der Waals surface area contributed by atoms with Gasteiger partial charge in [-0.1, -0.05) is 32.9 Å². The number of hydrogen-bond acceptors (Lipinski definition) is 3. The van der Waals surface area contributed by atoms with Crippen molar-refractivity contribution in [1.29, 1.82) is 0 Å². The lowest BCUT2D eigenvalue weighted by Gasteiger charge is -2.41. The molecule has 3 rings (SSSR count). The Labute approximate surface area is 120 Å². The number of ether oxygens (including phenoxy) is 1. The van der Waals surface area contributed by atoms with Crippen LogP contribution >= 0.6 is 0 Å². The standard InChI is InChI=1S/C17H22O3/c1-16(2)11-8-9-17(3,10-11)15(16)20-14(19)12-6-4-5-7-13(12)18/h4-7,11,15,18H,8-10H2,1-3H3/t11?,15-,17?/m0/s1. The monoisotopic (exact) mass is 274 g/mol. The van der Waals surface area contributed by atoms with Gasteiger partial charge < -0.3 is 9.84 Å². The first-order valence-electron chi connectivity index (χ1n) is 7.33. The number of hydrogen-bond donors (Lipinski definition) is 1. The molecule has 0 radical (unpaired) electrons. The van der Waals surface area contributed by atoms with Crippen molar-refractivity contribution in [1.82, 2.24) is 0 Å². The summed E-state index contributed by atoms with van der Waals surface area (Å²) in [5.74, 6) is 0.216. The van der Waals surface area contributed by atoms with Crippen LogP contribution in [0.15, 0.2) is 24.3 Å². The third-order valence-electron chi connectivity index (χ3n) is 5.49. The van der Waals surface area contributed by atoms with E-state index in [-0.39, 0.29) is 28.2 Å². The van der Waals surface area contributed by atoms with Gasteiger partial charge in [0.1, 0.15) is 17.4 Å². The zero-order valence-corrected chi connectivity index (χ0v) is 12.3. The number of para-hydroxylation sites is 1. The van der Waals surface area contributed by atoms with E-state index in [9.17, 15) is 9.90 Å². The maximum Gasteiger partial charge on any atom is 0.342 e. The molecule has 0 heterocycles. The Balaban J connectivity index is 1.85. The highest BCUT2D eigenvalue weighted by Crippen LogP contribution is 2.63. The van der Waals surface area contributed by atoms with E-state index in [4.69, 9.17) is 4.74 Å². The van der Waals surface area contributed by atoms with Crippen molar-refractivity contribution in [3.05, 3.63) is 29.8 Å². The molecule has 3 heteroatoms. The molecule has 1 aromatic rings. The lowest BCUT2D eigenvalue weighted by molar-refractivity contribution is -0.0585. The number of phenols is 1. The second kappa shape index (κ2) is 4.24. The van der Waals surface area contributed by atoms with Gasteiger partial charge in [0.05, 0.1) is 0 Å². The van der Waals surface area contributed by atoms with Crippen LogP contribution in [0.1, 0.15) is 50.4 Å². The molecule has 3 atom stereocenters. The van der Waals surface area contributed by atoms with Crippen molar-refractivity contribution < 1.29 is 14.6 Å². The second-order valence-electron chi connectivity index (χ2n) is 7.22. The molecule has 2 bridgehead atoms. The van der Waals surface area contributed by atoms with Gasteiger partial charge in [-0.3, -0.25) is 0 Å². The first kappa shape index (κ1) is 13.5. The smallest absolute Gasteiger partial charge is 0.342 e. The lowest BCUT2D eigenvalue weighted by atomic mass is 9.70. The molecule has 1 N–H and O–H groups in total. The predicted octanol–water partition coefficient (Wildman–Crippen LogP) is 3.76. The number of rotatable bonds is 2. The third-order valence-corrected chi connectivity index (χ3v) is 5.49. The predicted molar refractivity (Wildman–Crippen MR) is 76.5 cm³/mol. The van der Waals surface area contributed by atoms with E-state index < -0.39 is 5.97 Å². The minimum Gasteiger partial charge on any atom is -0.507 e. The zero-order chi connectivity index (χ0) is 14.5. The molecular weight excluding hydrogens is 252 g/mol. The highest BCUT2D eigenvalue weighted by atomic mass is 16.5. The van der Waals surface area contributed by atoms with E-state index in [2.05, 4.69) is 20.8 Å². The Morgan fingerprint density at radius 1 is 1.30 bits per heavy atom. The van der Waals surface area contributed by atoms with Gasteiger partial charge in [0.15, 0.2) is 0 Å². The molecule has 108 valence electrons. The first-order chi connectivity index (χ1) is 9.34. The number of fused-ring (bicyclic) bond motifs is 2. The number of aromatic hydroxyl groups is 1. The van der Waals surface area contributed by atoms with Crippen LogP contribution in [0.25, 0.3) is 0 Å². The number of carbonyl (C=O) groups excluding carboxylic acids is 1. The Kier molecular flexibility index (Phi) is 2.86. The van der Waals surface area contributed by atoms with Crippen molar-refractivity contribution in [2.24, 2.45) is 16.7 Å². The first-order valence-corrected chi connectivity index (χ1v) is 7.33. The molecule has 2 unspecified atom stereocenters. The molecule has 1 aromatic carbocycles. The van der Waals surface area contributed by atoms with E-state index >= 15 is 0 Å². The van der Waals surface area contributed by atoms with Crippen molar-refractivity contribution >= 4 is 5.97 Å². The largest absolute Gasteiger partial charge is 0.507 e. The van der Waals surface area contributed by atoms with E-state index in [1.165, 1.54) is 12.5 Å². The topological polar surface area (TPSA) is 46.5 Å². The van der Waals surface area contributed by atoms with E-state index in [1.807, 2.05) is 0 Å². The fraction of sp³-hybridized carbons (Fsp3) is 0.588. The van der Waals surface area contributed by atoms with Crippen LogP contribution in [0.3, 0.4) is 0 Å². The maximum absolute atomic E-state index is 12.3. The molecule has 2 fully saturated rings. The number of carbonyl (C=O) groups is 1. The van der Waals surface area contributed by atoms with Crippen molar-refractivity contribution in [3.63, 3.8) is 0 Å². The van der Waals surface area contributed by atoms with Gasteiger partial charge in [0.2, 0.25) is 0 Å². The molecule has 0 spiro atoms. The van der Waals surface area contributed by atoms with Crippen molar-refractivity contribution in [2.75, 3.05) is 0 Å². The summed E-state index contributed by atoms with van der Waals surface area (Å²) < 4.78 is 5.83. The van der Waals surface area contributed by atoms with E-state index in [0.29, 0.717) is 5.92 Å². The number of benzene rings is 1. The molecule has 2 aliphatic carbocycles. The molecule has 20 heavy (non-hydrogen) atoms. The minimum absolute atomic E-state index is 0.0105. The second-order valence-corrected chi connectivity index (χ2v) is 7.22. The molecule has 0 amide bonds. The summed E-state index contributed by atoms with van der Waals surface area (Å²) in [4.78, 5) is 12.3. The van der Waals surface area contributed by atoms with Gasteiger partial charge >= 0.3 is 5.97 Å². The van der Waals surface area contributed by atoms with Gasteiger partial charge in [-0.2, -0.15) is 0 Å². The average molecular weight is 274 g/mol. The summed E-state index contributed by atoms with van der Waals surface area (Å²) in [6.45, 7) is 6.63. The van der Waals surface area contributed by atoms with Gasteiger partial charge in [-0.15, -0.1) is 0 Å². The van der Waals surface area contributed by atoms with Crippen LogP contribution in [0.5, 0.6) is 5.75 Å². The fourth-order valence-corrected chi connectivity index (χ4v) is 4.37. The Bertz CT molecular complexity index is 544. The van der Waals surface area contributed by atoms with Crippen LogP contribution < -0.4 is 0 Å². The average Bonchev–Trinajstić information content (AvgIpc) is 2.86. The molecule has 0 saturated heterocycles. The molecule has 3 nitrogen and oxygen atoms in total. The van der Waals surface area contributed by atoms with Crippen molar-refractivity contribution in [3.8, 4) is 5.75 Å². The normalized spacial score (nSPS) is 34.1. The van der Waals surface area contributed by atoms with Gasteiger partial charge in [0, 0.05) is 10.8 Å². The molecular formula is C17H22O3. The molecule has 2 saturated carbocycles. The summed E-state index contributed by atoms with van der Waals surface area (Å²) >= 11 is 0. The van der Waals surface area contributed by atoms with Crippen LogP contribution in [0.4, 0.5) is 0 Å². The van der Waals surface area contributed by atoms with E-state index in [0.717, 1.165) is 12.8 Å². The van der Waals surface area contributed by atoms with Crippen LogP contribution in [0.2, 0.25) is 0 Å². The van der Waals surface area contributed by atoms with Crippen LogP contribution in [-0.2, 0) is 4.74 Å². The molecule has 2 aliphatic rings. The molecule has 0 aromatic heterocycles. The Morgan fingerprint density at radius 3 is 2.60 bits per heavy atom. The minimum atomic E-state index is -0.407. The van der Waals surface area contributed by atoms with Crippen LogP contribution in [0, 0.1) is 16.7 Å². The van der Waals surface area contributed by atoms with E-state index in [1.54, 1.807) is 18.2 Å². The highest BCUT2D eigenvalue weighted by Gasteiger charge is 2.61. The van der Waals surface area contributed by atoms with Crippen molar-refractivity contribution in [2.45, 2.75) is 46.1 Å². The molecule has 0 aliphatic heterocycles. The highest BCUT2D eigenvalue weighted by molar-refractivity contribution is 5.92. The summed E-state index contributed by atoms with van der Waals surface area (Å²) in [6, 6.07) is 6.57. The lowest BCUT2D eigenvalue weighted by Crippen LogP contribution is -2.43. The number of esters is 1.